The fourth-order valence-corrected chi connectivity index (χ4v) is 2.28. The lowest BCUT2D eigenvalue weighted by molar-refractivity contribution is -0.142. The van der Waals surface area contributed by atoms with E-state index in [0.717, 1.165) is 32.1 Å². The maximum Gasteiger partial charge on any atom is 0.319 e. The van der Waals surface area contributed by atoms with Gasteiger partial charge in [-0.25, -0.2) is 0 Å². The molecule has 0 radical (unpaired) electrons. The van der Waals surface area contributed by atoms with Crippen molar-refractivity contribution >= 4 is 5.97 Å². The Balaban J connectivity index is 3.23. The van der Waals surface area contributed by atoms with E-state index in [4.69, 9.17) is 4.74 Å². The highest BCUT2D eigenvalue weighted by Crippen LogP contribution is 2.08. The van der Waals surface area contributed by atoms with Gasteiger partial charge >= 0.3 is 5.97 Å². The summed E-state index contributed by atoms with van der Waals surface area (Å²) in [6.45, 7) is 3.02. The van der Waals surface area contributed by atoms with Crippen LogP contribution in [0, 0.1) is 0 Å². The van der Waals surface area contributed by atoms with Crippen LogP contribution in [-0.2, 0) is 9.53 Å². The lowest BCUT2D eigenvalue weighted by atomic mass is 10.1. The molecule has 0 saturated heterocycles. The third kappa shape index (κ3) is 18.7. The molecular formula is C21H37NO2. The van der Waals surface area contributed by atoms with Crippen molar-refractivity contribution in [1.82, 2.24) is 5.32 Å². The number of nitrogens with one attached hydrogen (secondary N) is 1. The second kappa shape index (κ2) is 19.7. The lowest BCUT2D eigenvalue weighted by Gasteiger charge is -2.04. The summed E-state index contributed by atoms with van der Waals surface area (Å²) in [5.41, 5.74) is 0. The number of carbonyl (C=O) groups excluding carboxylic acids is 1. The minimum absolute atomic E-state index is 0.156. The second-order valence-corrected chi connectivity index (χ2v) is 5.95. The van der Waals surface area contributed by atoms with Gasteiger partial charge in [-0.2, -0.15) is 0 Å². The van der Waals surface area contributed by atoms with Gasteiger partial charge in [0.05, 0.1) is 13.2 Å². The van der Waals surface area contributed by atoms with Gasteiger partial charge in [0.15, 0.2) is 0 Å². The molecule has 0 aliphatic heterocycles. The van der Waals surface area contributed by atoms with Gasteiger partial charge in [-0.1, -0.05) is 69.1 Å². The topological polar surface area (TPSA) is 38.3 Å². The van der Waals surface area contributed by atoms with Gasteiger partial charge in [-0.05, 0) is 45.6 Å². The highest BCUT2D eigenvalue weighted by molar-refractivity contribution is 5.71. The van der Waals surface area contributed by atoms with Gasteiger partial charge in [0.2, 0.25) is 0 Å². The number of hydrogen-bond acceptors (Lipinski definition) is 3. The van der Waals surface area contributed by atoms with E-state index in [1.54, 1.807) is 7.05 Å². The Morgan fingerprint density at radius 2 is 1.42 bits per heavy atom. The molecule has 0 aromatic heterocycles. The summed E-state index contributed by atoms with van der Waals surface area (Å²) in [6, 6.07) is 0. The minimum Gasteiger partial charge on any atom is -0.465 e. The Hall–Kier alpha value is -1.35. The van der Waals surface area contributed by atoms with E-state index in [9.17, 15) is 4.79 Å². The first-order valence-corrected chi connectivity index (χ1v) is 9.56. The Morgan fingerprint density at radius 1 is 0.833 bits per heavy atom. The van der Waals surface area contributed by atoms with E-state index in [0.29, 0.717) is 13.2 Å². The summed E-state index contributed by atoms with van der Waals surface area (Å²) in [6.07, 6.45) is 25.1. The molecule has 0 aromatic rings. The molecule has 0 heterocycles. The van der Waals surface area contributed by atoms with E-state index in [2.05, 4.69) is 48.7 Å². The quantitative estimate of drug-likeness (QED) is 0.235. The minimum atomic E-state index is -0.156. The number of ether oxygens (including phenoxy) is 1. The van der Waals surface area contributed by atoms with Crippen LogP contribution in [0.2, 0.25) is 0 Å². The molecule has 0 bridgehead atoms. The van der Waals surface area contributed by atoms with Crippen LogP contribution < -0.4 is 5.32 Å². The van der Waals surface area contributed by atoms with Gasteiger partial charge < -0.3 is 10.1 Å². The number of allylic oxidation sites excluding steroid dienone is 6. The maximum absolute atomic E-state index is 11.1. The predicted octanol–water partition coefficient (Wildman–Crippen LogP) is 5.34. The molecule has 0 spiro atoms. The summed E-state index contributed by atoms with van der Waals surface area (Å²) >= 11 is 0. The summed E-state index contributed by atoms with van der Waals surface area (Å²) in [5, 5.41) is 2.79. The molecule has 3 nitrogen and oxygen atoms in total. The van der Waals surface area contributed by atoms with Crippen LogP contribution in [0.25, 0.3) is 0 Å². The molecule has 0 aliphatic rings. The van der Waals surface area contributed by atoms with E-state index in [1.165, 1.54) is 32.1 Å². The summed E-state index contributed by atoms with van der Waals surface area (Å²) in [4.78, 5) is 11.1. The average molecular weight is 336 g/mol. The van der Waals surface area contributed by atoms with E-state index in [1.807, 2.05) is 0 Å². The lowest BCUT2D eigenvalue weighted by Crippen LogP contribution is -2.21. The van der Waals surface area contributed by atoms with E-state index in [-0.39, 0.29) is 5.97 Å². The van der Waals surface area contributed by atoms with Crippen LogP contribution in [0.15, 0.2) is 36.5 Å². The highest BCUT2D eigenvalue weighted by atomic mass is 16.5. The molecule has 3 heteroatoms. The van der Waals surface area contributed by atoms with Crippen LogP contribution in [0.3, 0.4) is 0 Å². The zero-order valence-corrected chi connectivity index (χ0v) is 15.8. The van der Waals surface area contributed by atoms with Crippen LogP contribution in [-0.4, -0.2) is 26.2 Å². The first kappa shape index (κ1) is 22.6. The number of carbonyl (C=O) groups is 1. The Bertz CT molecular complexity index is 359. The summed E-state index contributed by atoms with van der Waals surface area (Å²) in [5.74, 6) is -0.156. The monoisotopic (exact) mass is 335 g/mol. The third-order valence-electron chi connectivity index (χ3n) is 3.63. The van der Waals surface area contributed by atoms with Crippen LogP contribution in [0.4, 0.5) is 0 Å². The zero-order chi connectivity index (χ0) is 17.7. The van der Waals surface area contributed by atoms with Gasteiger partial charge in [0.25, 0.3) is 0 Å². The van der Waals surface area contributed by atoms with Gasteiger partial charge in [-0.15, -0.1) is 0 Å². The van der Waals surface area contributed by atoms with Crippen molar-refractivity contribution in [2.45, 2.75) is 71.1 Å². The maximum atomic E-state index is 11.1. The molecule has 1 N–H and O–H groups in total. The molecule has 0 rings (SSSR count). The zero-order valence-electron chi connectivity index (χ0n) is 15.8. The van der Waals surface area contributed by atoms with Crippen molar-refractivity contribution in [3.8, 4) is 0 Å². The molecule has 24 heavy (non-hydrogen) atoms. The molecular weight excluding hydrogens is 298 g/mol. The largest absolute Gasteiger partial charge is 0.465 e. The molecule has 0 amide bonds. The normalized spacial score (nSPS) is 11.9. The molecule has 0 unspecified atom stereocenters. The molecule has 0 aromatic carbocycles. The number of esters is 1. The van der Waals surface area contributed by atoms with Crippen molar-refractivity contribution in [3.05, 3.63) is 36.5 Å². The van der Waals surface area contributed by atoms with Crippen molar-refractivity contribution in [1.29, 1.82) is 0 Å². The molecule has 138 valence electrons. The third-order valence-corrected chi connectivity index (χ3v) is 3.63. The predicted molar refractivity (Wildman–Crippen MR) is 104 cm³/mol. The van der Waals surface area contributed by atoms with Crippen LogP contribution in [0.1, 0.15) is 71.1 Å². The molecule has 0 atom stereocenters. The first-order chi connectivity index (χ1) is 11.8. The average Bonchev–Trinajstić information content (AvgIpc) is 2.58. The highest BCUT2D eigenvalue weighted by Gasteiger charge is 1.99. The Labute approximate surface area is 149 Å². The Morgan fingerprint density at radius 3 is 2.08 bits per heavy atom. The summed E-state index contributed by atoms with van der Waals surface area (Å²) in [7, 11) is 1.75. The smallest absolute Gasteiger partial charge is 0.319 e. The molecule has 0 fully saturated rings. The van der Waals surface area contributed by atoms with Crippen molar-refractivity contribution in [2.24, 2.45) is 0 Å². The summed E-state index contributed by atoms with van der Waals surface area (Å²) < 4.78 is 5.08. The van der Waals surface area contributed by atoms with Gasteiger partial charge in [0, 0.05) is 0 Å². The number of likely N-dealkylation sites (N-methyl/N-ethyl adjacent to an activating group) is 1. The van der Waals surface area contributed by atoms with E-state index >= 15 is 0 Å². The van der Waals surface area contributed by atoms with E-state index < -0.39 is 0 Å². The SMILES string of the molecule is CCC=CCC=CCC=CCCCCCCCCOC(=O)CNC. The van der Waals surface area contributed by atoms with Crippen LogP contribution in [0.5, 0.6) is 0 Å². The Kier molecular flexibility index (Phi) is 18.6. The van der Waals surface area contributed by atoms with Gasteiger partial charge in [0.1, 0.15) is 0 Å². The molecule has 0 saturated carbocycles. The first-order valence-electron chi connectivity index (χ1n) is 9.56. The number of rotatable bonds is 16. The number of unbranched alkanes of at least 4 members (excludes halogenated alkanes) is 6. The van der Waals surface area contributed by atoms with Gasteiger partial charge in [-0.3, -0.25) is 4.79 Å². The van der Waals surface area contributed by atoms with Crippen molar-refractivity contribution in [3.63, 3.8) is 0 Å². The fraction of sp³-hybridized carbons (Fsp3) is 0.667. The fourth-order valence-electron chi connectivity index (χ4n) is 2.28. The van der Waals surface area contributed by atoms with Crippen molar-refractivity contribution < 1.29 is 9.53 Å². The molecule has 0 aliphatic carbocycles. The second-order valence-electron chi connectivity index (χ2n) is 5.95. The van der Waals surface area contributed by atoms with Crippen molar-refractivity contribution in [2.75, 3.05) is 20.2 Å². The standard InChI is InChI=1S/C21H37NO2/c1-3-4-5-6-7-8-9-10-11-12-13-14-15-16-17-18-19-24-21(23)20-22-2/h4-5,7-8,10-11,22H,3,6,9,12-20H2,1-2H3. The van der Waals surface area contributed by atoms with Crippen LogP contribution >= 0.6 is 0 Å². The number of hydrogen-bond donors (Lipinski definition) is 1.